The summed E-state index contributed by atoms with van der Waals surface area (Å²) in [5, 5.41) is 0.616. The zero-order valence-corrected chi connectivity index (χ0v) is 15.3. The van der Waals surface area contributed by atoms with Gasteiger partial charge in [-0.1, -0.05) is 11.6 Å². The normalized spacial score (nSPS) is 16.1. The van der Waals surface area contributed by atoms with Crippen molar-refractivity contribution in [1.82, 2.24) is 9.80 Å². The molecule has 1 atom stereocenters. The van der Waals surface area contributed by atoms with Gasteiger partial charge in [0.1, 0.15) is 5.75 Å². The van der Waals surface area contributed by atoms with Crippen LogP contribution < -0.4 is 4.74 Å². The van der Waals surface area contributed by atoms with Crippen LogP contribution in [0.1, 0.15) is 23.9 Å². The molecule has 7 heteroatoms. The molecule has 1 aliphatic rings. The standard InChI is InChI=1S/C19H21ClN2O4/c1-14(26-16-7-5-15(20)6-8-16)18(23)21-9-3-10-22(12-11-21)19(24)17-4-2-13-25-17/h2,4-8,13-14H,3,9-12H2,1H3. The van der Waals surface area contributed by atoms with Crippen LogP contribution in [0.3, 0.4) is 0 Å². The third-order valence-corrected chi connectivity index (χ3v) is 4.55. The number of benzene rings is 1. The summed E-state index contributed by atoms with van der Waals surface area (Å²) in [5.74, 6) is 0.686. The number of hydrogen-bond donors (Lipinski definition) is 0. The summed E-state index contributed by atoms with van der Waals surface area (Å²) in [6.45, 7) is 3.86. The SMILES string of the molecule is CC(Oc1ccc(Cl)cc1)C(=O)N1CCCN(C(=O)c2ccco2)CC1. The average Bonchev–Trinajstić information content (AvgIpc) is 3.07. The molecule has 1 unspecified atom stereocenters. The molecule has 1 saturated heterocycles. The highest BCUT2D eigenvalue weighted by atomic mass is 35.5. The first-order valence-corrected chi connectivity index (χ1v) is 8.96. The van der Waals surface area contributed by atoms with Gasteiger partial charge in [0.25, 0.3) is 11.8 Å². The lowest BCUT2D eigenvalue weighted by atomic mass is 10.3. The third kappa shape index (κ3) is 4.38. The van der Waals surface area contributed by atoms with E-state index < -0.39 is 6.10 Å². The molecule has 0 aliphatic carbocycles. The fraction of sp³-hybridized carbons (Fsp3) is 0.368. The van der Waals surface area contributed by atoms with Crippen LogP contribution in [0.15, 0.2) is 47.1 Å². The van der Waals surface area contributed by atoms with Crippen molar-refractivity contribution in [3.63, 3.8) is 0 Å². The monoisotopic (exact) mass is 376 g/mol. The fourth-order valence-electron chi connectivity index (χ4n) is 2.92. The molecule has 138 valence electrons. The minimum absolute atomic E-state index is 0.0905. The number of furan rings is 1. The Labute approximate surface area is 157 Å². The number of amides is 2. The molecule has 2 heterocycles. The van der Waals surface area contributed by atoms with Crippen molar-refractivity contribution in [2.24, 2.45) is 0 Å². The van der Waals surface area contributed by atoms with Crippen LogP contribution in [0.25, 0.3) is 0 Å². The van der Waals surface area contributed by atoms with Crippen LogP contribution in [-0.2, 0) is 4.79 Å². The Bertz CT molecular complexity index is 745. The molecule has 26 heavy (non-hydrogen) atoms. The van der Waals surface area contributed by atoms with Gasteiger partial charge in [-0.3, -0.25) is 9.59 Å². The molecule has 0 bridgehead atoms. The molecule has 0 N–H and O–H groups in total. The molecule has 0 saturated carbocycles. The summed E-state index contributed by atoms with van der Waals surface area (Å²) in [4.78, 5) is 28.5. The number of carbonyl (C=O) groups excluding carboxylic acids is 2. The minimum Gasteiger partial charge on any atom is -0.481 e. The Morgan fingerprint density at radius 3 is 2.46 bits per heavy atom. The van der Waals surface area contributed by atoms with E-state index in [1.165, 1.54) is 6.26 Å². The molecule has 1 aromatic heterocycles. The van der Waals surface area contributed by atoms with Gasteiger partial charge in [0.2, 0.25) is 0 Å². The summed E-state index contributed by atoms with van der Waals surface area (Å²) in [6.07, 6.45) is 1.59. The second kappa shape index (κ2) is 8.27. The second-order valence-electron chi connectivity index (χ2n) is 6.16. The van der Waals surface area contributed by atoms with Gasteiger partial charge in [0, 0.05) is 31.2 Å². The van der Waals surface area contributed by atoms with Crippen molar-refractivity contribution in [2.75, 3.05) is 26.2 Å². The van der Waals surface area contributed by atoms with E-state index in [1.807, 2.05) is 0 Å². The Morgan fingerprint density at radius 1 is 1.08 bits per heavy atom. The zero-order valence-electron chi connectivity index (χ0n) is 14.6. The molecule has 1 aliphatic heterocycles. The van der Waals surface area contributed by atoms with Gasteiger partial charge in [0.05, 0.1) is 6.26 Å². The predicted molar refractivity (Wildman–Crippen MR) is 97.4 cm³/mol. The molecule has 6 nitrogen and oxygen atoms in total. The lowest BCUT2D eigenvalue weighted by Crippen LogP contribution is -2.43. The number of rotatable bonds is 4. The van der Waals surface area contributed by atoms with E-state index >= 15 is 0 Å². The van der Waals surface area contributed by atoms with Gasteiger partial charge in [0.15, 0.2) is 11.9 Å². The third-order valence-electron chi connectivity index (χ3n) is 4.30. The molecule has 0 spiro atoms. The molecule has 3 rings (SSSR count). The van der Waals surface area contributed by atoms with Gasteiger partial charge in [-0.15, -0.1) is 0 Å². The Balaban J connectivity index is 1.56. The smallest absolute Gasteiger partial charge is 0.289 e. The van der Waals surface area contributed by atoms with Crippen LogP contribution in [-0.4, -0.2) is 53.9 Å². The predicted octanol–water partition coefficient (Wildman–Crippen LogP) is 3.08. The van der Waals surface area contributed by atoms with Gasteiger partial charge in [-0.05, 0) is 49.7 Å². The highest BCUT2D eigenvalue weighted by Crippen LogP contribution is 2.18. The summed E-state index contributed by atoms with van der Waals surface area (Å²) >= 11 is 5.86. The van der Waals surface area contributed by atoms with E-state index in [9.17, 15) is 9.59 Å². The lowest BCUT2D eigenvalue weighted by Gasteiger charge is -2.25. The maximum Gasteiger partial charge on any atom is 0.289 e. The van der Waals surface area contributed by atoms with Gasteiger partial charge >= 0.3 is 0 Å². The van der Waals surface area contributed by atoms with Gasteiger partial charge in [-0.2, -0.15) is 0 Å². The highest BCUT2D eigenvalue weighted by Gasteiger charge is 2.27. The maximum absolute atomic E-state index is 12.7. The maximum atomic E-state index is 12.7. The average molecular weight is 377 g/mol. The number of hydrogen-bond acceptors (Lipinski definition) is 4. The first-order valence-electron chi connectivity index (χ1n) is 8.58. The van der Waals surface area contributed by atoms with Crippen molar-refractivity contribution < 1.29 is 18.7 Å². The van der Waals surface area contributed by atoms with Crippen molar-refractivity contribution in [1.29, 1.82) is 0 Å². The molecule has 1 fully saturated rings. The van der Waals surface area contributed by atoms with E-state index in [4.69, 9.17) is 20.8 Å². The van der Waals surface area contributed by atoms with Crippen LogP contribution in [0.2, 0.25) is 5.02 Å². The zero-order chi connectivity index (χ0) is 18.5. The molecule has 2 amide bonds. The Morgan fingerprint density at radius 2 is 1.77 bits per heavy atom. The number of carbonyl (C=O) groups is 2. The minimum atomic E-state index is -0.608. The van der Waals surface area contributed by atoms with Crippen molar-refractivity contribution >= 4 is 23.4 Å². The summed E-state index contributed by atoms with van der Waals surface area (Å²) in [6, 6.07) is 10.3. The highest BCUT2D eigenvalue weighted by molar-refractivity contribution is 6.30. The van der Waals surface area contributed by atoms with Gasteiger partial charge in [-0.25, -0.2) is 0 Å². The van der Waals surface area contributed by atoms with E-state index in [-0.39, 0.29) is 11.8 Å². The Kier molecular flexibility index (Phi) is 5.83. The summed E-state index contributed by atoms with van der Waals surface area (Å²) in [7, 11) is 0. The Hall–Kier alpha value is -2.47. The van der Waals surface area contributed by atoms with Crippen LogP contribution in [0.4, 0.5) is 0 Å². The molecule has 0 radical (unpaired) electrons. The van der Waals surface area contributed by atoms with E-state index in [0.29, 0.717) is 49.1 Å². The van der Waals surface area contributed by atoms with E-state index in [1.54, 1.807) is 53.1 Å². The fourth-order valence-corrected chi connectivity index (χ4v) is 3.05. The van der Waals surface area contributed by atoms with E-state index in [2.05, 4.69) is 0 Å². The van der Waals surface area contributed by atoms with Crippen molar-refractivity contribution in [2.45, 2.75) is 19.4 Å². The lowest BCUT2D eigenvalue weighted by molar-refractivity contribution is -0.137. The quantitative estimate of drug-likeness (QED) is 0.822. The second-order valence-corrected chi connectivity index (χ2v) is 6.60. The number of nitrogens with zero attached hydrogens (tertiary/aromatic N) is 2. The molecular formula is C19H21ClN2O4. The van der Waals surface area contributed by atoms with Crippen LogP contribution in [0.5, 0.6) is 5.75 Å². The number of ether oxygens (including phenoxy) is 1. The first-order chi connectivity index (χ1) is 12.5. The van der Waals surface area contributed by atoms with Gasteiger partial charge < -0.3 is 19.0 Å². The van der Waals surface area contributed by atoms with Crippen molar-refractivity contribution in [3.05, 3.63) is 53.4 Å². The van der Waals surface area contributed by atoms with Crippen molar-refractivity contribution in [3.8, 4) is 5.75 Å². The molecule has 2 aromatic rings. The van der Waals surface area contributed by atoms with E-state index in [0.717, 1.165) is 0 Å². The largest absolute Gasteiger partial charge is 0.481 e. The summed E-state index contributed by atoms with van der Waals surface area (Å²) in [5.41, 5.74) is 0. The summed E-state index contributed by atoms with van der Waals surface area (Å²) < 4.78 is 10.9. The van der Waals surface area contributed by atoms with Crippen LogP contribution in [0, 0.1) is 0 Å². The molecular weight excluding hydrogens is 356 g/mol. The topological polar surface area (TPSA) is 63.0 Å². The number of halogens is 1. The first kappa shape index (κ1) is 18.3. The molecule has 1 aromatic carbocycles. The van der Waals surface area contributed by atoms with Crippen LogP contribution >= 0.6 is 11.6 Å².